The fourth-order valence-electron chi connectivity index (χ4n) is 1.74. The quantitative estimate of drug-likeness (QED) is 0.611. The third-order valence-electron chi connectivity index (χ3n) is 2.82. The van der Waals surface area contributed by atoms with E-state index in [1.165, 1.54) is 7.11 Å². The SMILES string of the molecule is COC(=O)[C@H](Cc1ccccc1)NC(=O)[C@@H](N)CC(=O)O.Cl. The van der Waals surface area contributed by atoms with E-state index in [4.69, 9.17) is 10.8 Å². The Morgan fingerprint density at radius 3 is 2.36 bits per heavy atom. The normalized spacial score (nSPS) is 12.5. The molecule has 8 heteroatoms. The van der Waals surface area contributed by atoms with Gasteiger partial charge in [-0.05, 0) is 5.56 Å². The van der Waals surface area contributed by atoms with Gasteiger partial charge in [0, 0.05) is 6.42 Å². The van der Waals surface area contributed by atoms with E-state index in [2.05, 4.69) is 10.1 Å². The number of carboxylic acid groups (broad SMARTS) is 1. The van der Waals surface area contributed by atoms with E-state index in [0.29, 0.717) is 0 Å². The monoisotopic (exact) mass is 330 g/mol. The van der Waals surface area contributed by atoms with Gasteiger partial charge in [-0.2, -0.15) is 0 Å². The molecule has 0 unspecified atom stereocenters. The summed E-state index contributed by atoms with van der Waals surface area (Å²) in [6.07, 6.45) is -0.274. The molecular formula is C14H19ClN2O5. The summed E-state index contributed by atoms with van der Waals surface area (Å²) < 4.78 is 4.64. The minimum atomic E-state index is -1.22. The molecule has 0 aliphatic carbocycles. The van der Waals surface area contributed by atoms with Gasteiger partial charge in [0.1, 0.15) is 6.04 Å². The van der Waals surface area contributed by atoms with Crippen LogP contribution < -0.4 is 11.1 Å². The van der Waals surface area contributed by atoms with E-state index >= 15 is 0 Å². The average molecular weight is 331 g/mol. The first-order valence-corrected chi connectivity index (χ1v) is 6.33. The Kier molecular flexibility index (Phi) is 8.81. The van der Waals surface area contributed by atoms with Crippen molar-refractivity contribution in [3.8, 4) is 0 Å². The molecule has 22 heavy (non-hydrogen) atoms. The molecule has 0 spiro atoms. The number of nitrogens with two attached hydrogens (primary N) is 1. The minimum absolute atomic E-state index is 0. The number of benzene rings is 1. The van der Waals surface area contributed by atoms with Crippen molar-refractivity contribution in [2.24, 2.45) is 5.73 Å². The number of amides is 1. The molecule has 1 aromatic carbocycles. The van der Waals surface area contributed by atoms with Crippen LogP contribution in [0.5, 0.6) is 0 Å². The number of hydrogen-bond acceptors (Lipinski definition) is 5. The standard InChI is InChI=1S/C14H18N2O5.ClH/c1-21-14(20)11(7-9-5-3-2-4-6-9)16-13(19)10(15)8-12(17)18;/h2-6,10-11H,7-8,15H2,1H3,(H,16,19)(H,17,18);1H/t10-,11-;/m0./s1. The van der Waals surface area contributed by atoms with Gasteiger partial charge in [0.05, 0.1) is 19.6 Å². The summed E-state index contributed by atoms with van der Waals surface area (Å²) in [7, 11) is 1.21. The van der Waals surface area contributed by atoms with Crippen molar-refractivity contribution in [2.75, 3.05) is 7.11 Å². The van der Waals surface area contributed by atoms with Crippen molar-refractivity contribution in [1.82, 2.24) is 5.32 Å². The molecule has 1 amide bonds. The lowest BCUT2D eigenvalue weighted by atomic mass is 10.1. The van der Waals surface area contributed by atoms with Crippen LogP contribution in [-0.2, 0) is 25.5 Å². The third kappa shape index (κ3) is 6.55. The van der Waals surface area contributed by atoms with E-state index in [1.807, 2.05) is 18.2 Å². The predicted molar refractivity (Wildman–Crippen MR) is 81.6 cm³/mol. The fourth-order valence-corrected chi connectivity index (χ4v) is 1.74. The van der Waals surface area contributed by atoms with Gasteiger partial charge < -0.3 is 20.9 Å². The topological polar surface area (TPSA) is 119 Å². The number of nitrogens with one attached hydrogen (secondary N) is 1. The number of ether oxygens (including phenoxy) is 1. The van der Waals surface area contributed by atoms with Crippen LogP contribution >= 0.6 is 12.4 Å². The van der Waals surface area contributed by atoms with Crippen LogP contribution in [0.3, 0.4) is 0 Å². The number of halogens is 1. The second-order valence-corrected chi connectivity index (χ2v) is 4.48. The van der Waals surface area contributed by atoms with Gasteiger partial charge in [0.15, 0.2) is 0 Å². The number of hydrogen-bond donors (Lipinski definition) is 3. The molecule has 1 rings (SSSR count). The molecule has 4 N–H and O–H groups in total. The van der Waals surface area contributed by atoms with Crippen LogP contribution in [0.15, 0.2) is 30.3 Å². The smallest absolute Gasteiger partial charge is 0.328 e. The van der Waals surface area contributed by atoms with Crippen molar-refractivity contribution in [2.45, 2.75) is 24.9 Å². The Morgan fingerprint density at radius 2 is 1.86 bits per heavy atom. The maximum Gasteiger partial charge on any atom is 0.328 e. The van der Waals surface area contributed by atoms with Gasteiger partial charge in [-0.15, -0.1) is 12.4 Å². The lowest BCUT2D eigenvalue weighted by molar-refractivity contribution is -0.145. The van der Waals surface area contributed by atoms with Gasteiger partial charge in [-0.25, -0.2) is 4.79 Å². The largest absolute Gasteiger partial charge is 0.481 e. The molecule has 0 saturated carbocycles. The van der Waals surface area contributed by atoms with Crippen molar-refractivity contribution < 1.29 is 24.2 Å². The Balaban J connectivity index is 0.00000441. The molecule has 7 nitrogen and oxygen atoms in total. The predicted octanol–water partition coefficient (Wildman–Crippen LogP) is 0.111. The first kappa shape index (κ1) is 19.9. The summed E-state index contributed by atoms with van der Waals surface area (Å²) in [4.78, 5) is 34.0. The summed E-state index contributed by atoms with van der Waals surface area (Å²) >= 11 is 0. The molecule has 0 fully saturated rings. The lowest BCUT2D eigenvalue weighted by Gasteiger charge is -2.18. The van der Waals surface area contributed by atoms with E-state index in [0.717, 1.165) is 5.56 Å². The van der Waals surface area contributed by atoms with Crippen LogP contribution in [-0.4, -0.2) is 42.1 Å². The van der Waals surface area contributed by atoms with Gasteiger partial charge in [0.2, 0.25) is 5.91 Å². The van der Waals surface area contributed by atoms with Crippen LogP contribution in [0, 0.1) is 0 Å². The van der Waals surface area contributed by atoms with Gasteiger partial charge in [0.25, 0.3) is 0 Å². The Labute approximate surface area is 134 Å². The second kappa shape index (κ2) is 9.75. The molecule has 0 saturated heterocycles. The van der Waals surface area contributed by atoms with Crippen molar-refractivity contribution >= 4 is 30.3 Å². The first-order valence-electron chi connectivity index (χ1n) is 6.33. The van der Waals surface area contributed by atoms with Crippen molar-refractivity contribution in [3.63, 3.8) is 0 Å². The number of esters is 1. The van der Waals surface area contributed by atoms with Crippen LogP contribution in [0.25, 0.3) is 0 Å². The van der Waals surface area contributed by atoms with Gasteiger partial charge >= 0.3 is 11.9 Å². The molecule has 0 radical (unpaired) electrons. The number of methoxy groups -OCH3 is 1. The number of carbonyl (C=O) groups excluding carboxylic acids is 2. The number of aliphatic carboxylic acids is 1. The molecule has 0 aliphatic heterocycles. The second-order valence-electron chi connectivity index (χ2n) is 4.48. The van der Waals surface area contributed by atoms with Crippen LogP contribution in [0.4, 0.5) is 0 Å². The third-order valence-corrected chi connectivity index (χ3v) is 2.82. The highest BCUT2D eigenvalue weighted by Gasteiger charge is 2.25. The highest BCUT2D eigenvalue weighted by atomic mass is 35.5. The van der Waals surface area contributed by atoms with Crippen LogP contribution in [0.1, 0.15) is 12.0 Å². The molecule has 0 heterocycles. The highest BCUT2D eigenvalue weighted by molar-refractivity contribution is 5.89. The van der Waals surface area contributed by atoms with Crippen LogP contribution in [0.2, 0.25) is 0 Å². The lowest BCUT2D eigenvalue weighted by Crippen LogP contribution is -2.50. The van der Waals surface area contributed by atoms with Crippen molar-refractivity contribution in [3.05, 3.63) is 35.9 Å². The fraction of sp³-hybridized carbons (Fsp3) is 0.357. The maximum absolute atomic E-state index is 11.8. The zero-order valence-corrected chi connectivity index (χ0v) is 12.8. The summed E-state index contributed by atoms with van der Waals surface area (Å²) in [6, 6.07) is 6.93. The average Bonchev–Trinajstić information content (AvgIpc) is 2.46. The number of carboxylic acids is 1. The van der Waals surface area contributed by atoms with E-state index < -0.39 is 36.4 Å². The number of rotatable bonds is 7. The molecule has 0 aliphatic rings. The zero-order valence-electron chi connectivity index (χ0n) is 12.0. The Morgan fingerprint density at radius 1 is 1.27 bits per heavy atom. The number of carbonyl (C=O) groups is 3. The molecule has 122 valence electrons. The van der Waals surface area contributed by atoms with Crippen molar-refractivity contribution in [1.29, 1.82) is 0 Å². The first-order chi connectivity index (χ1) is 9.93. The minimum Gasteiger partial charge on any atom is -0.481 e. The Bertz CT molecular complexity index is 509. The maximum atomic E-state index is 11.8. The van der Waals surface area contributed by atoms with Gasteiger partial charge in [-0.1, -0.05) is 30.3 Å². The zero-order chi connectivity index (χ0) is 15.8. The summed E-state index contributed by atoms with van der Waals surface area (Å²) in [5.74, 6) is -2.51. The molecule has 1 aromatic rings. The molecular weight excluding hydrogens is 312 g/mol. The van der Waals surface area contributed by atoms with E-state index in [-0.39, 0.29) is 18.8 Å². The Hall–Kier alpha value is -2.12. The molecule has 2 atom stereocenters. The van der Waals surface area contributed by atoms with Gasteiger partial charge in [-0.3, -0.25) is 9.59 Å². The molecule has 0 aromatic heterocycles. The highest BCUT2D eigenvalue weighted by Crippen LogP contribution is 2.05. The van der Waals surface area contributed by atoms with E-state index in [9.17, 15) is 14.4 Å². The summed E-state index contributed by atoms with van der Waals surface area (Å²) in [5.41, 5.74) is 6.29. The van der Waals surface area contributed by atoms with E-state index in [1.54, 1.807) is 12.1 Å². The molecule has 0 bridgehead atoms. The summed E-state index contributed by atoms with van der Waals surface area (Å²) in [6.45, 7) is 0. The summed E-state index contributed by atoms with van der Waals surface area (Å²) in [5, 5.41) is 11.0.